The number of carbonyl (C=O) groups excluding carboxylic acids is 4. The molecule has 0 spiro atoms. The van der Waals surface area contributed by atoms with E-state index in [1.54, 1.807) is 27.7 Å². The Morgan fingerprint density at radius 1 is 0.882 bits per heavy atom. The maximum Gasteiger partial charge on any atom is 0.337 e. The van der Waals surface area contributed by atoms with Crippen molar-refractivity contribution in [1.82, 2.24) is 5.32 Å². The number of allylic oxidation sites excluding steroid dienone is 2. The van der Waals surface area contributed by atoms with Crippen molar-refractivity contribution >= 4 is 61.4 Å². The lowest BCUT2D eigenvalue weighted by Gasteiger charge is -2.28. The highest BCUT2D eigenvalue weighted by Crippen LogP contribution is 2.34. The SMILES string of the molecule is CCOC(=O)C1=C(C)NC(C)=C(C(=O)OCC)C1C(=O)OCC(=O)Nc1c(Br)cc(C)cc1Br. The van der Waals surface area contributed by atoms with E-state index in [1.165, 1.54) is 0 Å². The number of halogens is 2. The van der Waals surface area contributed by atoms with Crippen LogP contribution >= 0.6 is 31.9 Å². The number of hydrogen-bond donors (Lipinski definition) is 2. The van der Waals surface area contributed by atoms with Crippen molar-refractivity contribution in [3.8, 4) is 0 Å². The van der Waals surface area contributed by atoms with Gasteiger partial charge in [0.1, 0.15) is 5.92 Å². The number of aryl methyl sites for hydroxylation is 1. The number of rotatable bonds is 8. The van der Waals surface area contributed by atoms with Gasteiger partial charge in [0.05, 0.1) is 30.0 Å². The Labute approximate surface area is 214 Å². The van der Waals surface area contributed by atoms with Crippen molar-refractivity contribution in [2.75, 3.05) is 25.1 Å². The van der Waals surface area contributed by atoms with Gasteiger partial charge in [-0.15, -0.1) is 0 Å². The van der Waals surface area contributed by atoms with Crippen LogP contribution in [0.3, 0.4) is 0 Å². The molecule has 0 saturated carbocycles. The molecule has 0 aliphatic carbocycles. The molecule has 2 rings (SSSR count). The smallest absolute Gasteiger partial charge is 0.337 e. The summed E-state index contributed by atoms with van der Waals surface area (Å²) in [5.41, 5.74) is 1.96. The lowest BCUT2D eigenvalue weighted by molar-refractivity contribution is -0.153. The number of dihydropyridines is 1. The molecule has 0 saturated heterocycles. The highest BCUT2D eigenvalue weighted by atomic mass is 79.9. The number of esters is 3. The van der Waals surface area contributed by atoms with Gasteiger partial charge in [0.15, 0.2) is 6.61 Å². The summed E-state index contributed by atoms with van der Waals surface area (Å²) in [6.45, 7) is 7.80. The van der Waals surface area contributed by atoms with E-state index in [0.717, 1.165) is 5.56 Å². The Balaban J connectivity index is 2.29. The predicted molar refractivity (Wildman–Crippen MR) is 131 cm³/mol. The van der Waals surface area contributed by atoms with Gasteiger partial charge >= 0.3 is 17.9 Å². The summed E-state index contributed by atoms with van der Waals surface area (Å²) in [5.74, 6) is -4.53. The number of benzene rings is 1. The second-order valence-corrected chi connectivity index (χ2v) is 9.04. The molecule has 9 nitrogen and oxygen atoms in total. The summed E-state index contributed by atoms with van der Waals surface area (Å²) in [7, 11) is 0. The zero-order valence-electron chi connectivity index (χ0n) is 19.5. The van der Waals surface area contributed by atoms with Crippen molar-refractivity contribution < 1.29 is 33.4 Å². The van der Waals surface area contributed by atoms with Gasteiger partial charge in [-0.25, -0.2) is 9.59 Å². The van der Waals surface area contributed by atoms with Crippen LogP contribution in [0.25, 0.3) is 0 Å². The number of ether oxygens (including phenoxy) is 3. The number of nitrogens with one attached hydrogen (secondary N) is 2. The molecule has 1 aromatic carbocycles. The molecule has 1 aliphatic rings. The van der Waals surface area contributed by atoms with Crippen molar-refractivity contribution in [3.05, 3.63) is 49.2 Å². The molecule has 1 aromatic rings. The largest absolute Gasteiger partial charge is 0.463 e. The number of carbonyl (C=O) groups is 4. The van der Waals surface area contributed by atoms with Crippen LogP contribution in [-0.2, 0) is 33.4 Å². The van der Waals surface area contributed by atoms with Crippen LogP contribution in [0, 0.1) is 12.8 Å². The molecule has 11 heteroatoms. The first-order chi connectivity index (χ1) is 16.0. The Morgan fingerprint density at radius 3 is 1.79 bits per heavy atom. The van der Waals surface area contributed by atoms with Gasteiger partial charge in [-0.3, -0.25) is 9.59 Å². The third-order valence-corrected chi connectivity index (χ3v) is 6.03. The zero-order chi connectivity index (χ0) is 25.6. The zero-order valence-corrected chi connectivity index (χ0v) is 22.6. The Bertz CT molecular complexity index is 1020. The molecule has 0 fully saturated rings. The minimum atomic E-state index is -1.41. The van der Waals surface area contributed by atoms with E-state index in [4.69, 9.17) is 14.2 Å². The van der Waals surface area contributed by atoms with E-state index in [1.807, 2.05) is 19.1 Å². The first kappa shape index (κ1) is 27.6. The van der Waals surface area contributed by atoms with E-state index in [2.05, 4.69) is 42.5 Å². The molecular weight excluding hydrogens is 576 g/mol. The van der Waals surface area contributed by atoms with Crippen LogP contribution in [0.1, 0.15) is 33.3 Å². The standard InChI is InChI=1S/C23H26Br2N2O7/c1-6-32-21(29)17-12(4)26-13(5)18(22(30)33-7-2)19(17)23(31)34-10-16(28)27-20-14(24)8-11(3)9-15(20)25/h8-9,19,26H,6-7,10H2,1-5H3,(H,27,28). The summed E-state index contributed by atoms with van der Waals surface area (Å²) in [6.07, 6.45) is 0. The molecule has 1 aliphatic heterocycles. The fourth-order valence-corrected chi connectivity index (χ4v) is 5.02. The van der Waals surface area contributed by atoms with Crippen LogP contribution in [0.5, 0.6) is 0 Å². The first-order valence-electron chi connectivity index (χ1n) is 10.5. The molecule has 34 heavy (non-hydrogen) atoms. The molecule has 0 unspecified atom stereocenters. The van der Waals surface area contributed by atoms with Crippen molar-refractivity contribution in [2.24, 2.45) is 5.92 Å². The molecule has 2 N–H and O–H groups in total. The monoisotopic (exact) mass is 600 g/mol. The van der Waals surface area contributed by atoms with E-state index in [0.29, 0.717) is 26.0 Å². The van der Waals surface area contributed by atoms with Crippen molar-refractivity contribution in [2.45, 2.75) is 34.6 Å². The third kappa shape index (κ3) is 6.47. The molecular formula is C23H26Br2N2O7. The summed E-state index contributed by atoms with van der Waals surface area (Å²) in [4.78, 5) is 50.9. The topological polar surface area (TPSA) is 120 Å². The fraction of sp³-hybridized carbons (Fsp3) is 0.391. The second-order valence-electron chi connectivity index (χ2n) is 7.34. The molecule has 0 bridgehead atoms. The lowest BCUT2D eigenvalue weighted by Crippen LogP contribution is -2.39. The molecule has 1 heterocycles. The Hall–Kier alpha value is -2.66. The molecule has 184 valence electrons. The summed E-state index contributed by atoms with van der Waals surface area (Å²) < 4.78 is 16.7. The normalized spacial score (nSPS) is 13.9. The maximum absolute atomic E-state index is 13.1. The minimum absolute atomic E-state index is 0.0670. The van der Waals surface area contributed by atoms with Crippen LogP contribution in [0.4, 0.5) is 5.69 Å². The second kappa shape index (κ2) is 12.2. The van der Waals surface area contributed by atoms with Gasteiger partial charge in [0.2, 0.25) is 0 Å². The van der Waals surface area contributed by atoms with E-state index in [9.17, 15) is 19.2 Å². The van der Waals surface area contributed by atoms with Crippen LogP contribution in [-0.4, -0.2) is 43.6 Å². The predicted octanol–water partition coefficient (Wildman–Crippen LogP) is 3.90. The van der Waals surface area contributed by atoms with Crippen molar-refractivity contribution in [3.63, 3.8) is 0 Å². The maximum atomic E-state index is 13.1. The quantitative estimate of drug-likeness (QED) is 0.340. The van der Waals surface area contributed by atoms with Gasteiger partial charge in [-0.1, -0.05) is 0 Å². The number of anilines is 1. The number of amides is 1. The van der Waals surface area contributed by atoms with Crippen LogP contribution in [0.15, 0.2) is 43.6 Å². The van der Waals surface area contributed by atoms with Gasteiger partial charge in [0, 0.05) is 20.3 Å². The van der Waals surface area contributed by atoms with Crippen LogP contribution in [0.2, 0.25) is 0 Å². The summed E-state index contributed by atoms with van der Waals surface area (Å²) in [5, 5.41) is 5.58. The van der Waals surface area contributed by atoms with Gasteiger partial charge in [-0.05, 0) is 84.2 Å². The fourth-order valence-electron chi connectivity index (χ4n) is 3.40. The molecule has 0 radical (unpaired) electrons. The average molecular weight is 602 g/mol. The van der Waals surface area contributed by atoms with Crippen LogP contribution < -0.4 is 10.6 Å². The molecule has 1 amide bonds. The van der Waals surface area contributed by atoms with E-state index >= 15 is 0 Å². The van der Waals surface area contributed by atoms with Gasteiger partial charge in [-0.2, -0.15) is 0 Å². The minimum Gasteiger partial charge on any atom is -0.463 e. The average Bonchev–Trinajstić information content (AvgIpc) is 2.74. The van der Waals surface area contributed by atoms with Gasteiger partial charge < -0.3 is 24.8 Å². The highest BCUT2D eigenvalue weighted by molar-refractivity contribution is 9.11. The first-order valence-corrected chi connectivity index (χ1v) is 12.0. The lowest BCUT2D eigenvalue weighted by atomic mass is 9.85. The molecule has 0 aromatic heterocycles. The third-order valence-electron chi connectivity index (χ3n) is 4.78. The highest BCUT2D eigenvalue weighted by Gasteiger charge is 2.42. The molecule has 0 atom stereocenters. The summed E-state index contributed by atoms with van der Waals surface area (Å²) in [6, 6.07) is 3.64. The number of hydrogen-bond acceptors (Lipinski definition) is 8. The Kier molecular flexibility index (Phi) is 9.87. The van der Waals surface area contributed by atoms with Gasteiger partial charge in [0.25, 0.3) is 5.91 Å². The Morgan fingerprint density at radius 2 is 1.35 bits per heavy atom. The van der Waals surface area contributed by atoms with E-state index in [-0.39, 0.29) is 24.4 Å². The van der Waals surface area contributed by atoms with Crippen molar-refractivity contribution in [1.29, 1.82) is 0 Å². The van der Waals surface area contributed by atoms with E-state index < -0.39 is 36.3 Å². The summed E-state index contributed by atoms with van der Waals surface area (Å²) >= 11 is 6.77.